The van der Waals surface area contributed by atoms with Crippen LogP contribution in [0, 0.1) is 0 Å². The molecule has 0 aromatic heterocycles. The Labute approximate surface area is 108 Å². The number of hydrogen-bond donors (Lipinski definition) is 1. The summed E-state index contributed by atoms with van der Waals surface area (Å²) in [5, 5.41) is 3.29. The largest absolute Gasteiger partial charge is 0.496 e. The van der Waals surface area contributed by atoms with Gasteiger partial charge in [0.25, 0.3) is 0 Å². The fraction of sp³-hybridized carbons (Fsp3) is 0.500. The van der Waals surface area contributed by atoms with E-state index >= 15 is 0 Å². The van der Waals surface area contributed by atoms with E-state index in [0.717, 1.165) is 24.3 Å². The van der Waals surface area contributed by atoms with Crippen LogP contribution in [0.3, 0.4) is 0 Å². The first kappa shape index (κ1) is 14.5. The van der Waals surface area contributed by atoms with Gasteiger partial charge in [-0.2, -0.15) is 0 Å². The molecule has 0 heterocycles. The third-order valence-corrected chi connectivity index (χ3v) is 2.78. The third kappa shape index (κ3) is 4.75. The Kier molecular flexibility index (Phi) is 6.22. The molecule has 1 N–H and O–H groups in total. The molecule has 0 saturated heterocycles. The van der Waals surface area contributed by atoms with Crippen LogP contribution in [0.25, 0.3) is 0 Å². The topological polar surface area (TPSA) is 47.6 Å². The monoisotopic (exact) mass is 251 g/mol. The van der Waals surface area contributed by atoms with Gasteiger partial charge in [0.05, 0.1) is 20.6 Å². The summed E-state index contributed by atoms with van der Waals surface area (Å²) in [4.78, 5) is 11.1. The lowest BCUT2D eigenvalue weighted by atomic mass is 10.1. The Bertz CT molecular complexity index is 379. The molecule has 0 saturated carbocycles. The summed E-state index contributed by atoms with van der Waals surface area (Å²) >= 11 is 0. The zero-order valence-electron chi connectivity index (χ0n) is 11.2. The quantitative estimate of drug-likeness (QED) is 0.750. The highest BCUT2D eigenvalue weighted by molar-refractivity contribution is 5.69. The molecule has 1 rings (SSSR count). The molecule has 0 aliphatic carbocycles. The van der Waals surface area contributed by atoms with Crippen molar-refractivity contribution in [1.82, 2.24) is 5.32 Å². The smallest absolute Gasteiger partial charge is 0.307 e. The first-order valence-electron chi connectivity index (χ1n) is 6.09. The highest BCUT2D eigenvalue weighted by atomic mass is 16.5. The lowest BCUT2D eigenvalue weighted by Crippen LogP contribution is -2.30. The van der Waals surface area contributed by atoms with Gasteiger partial charge < -0.3 is 14.8 Å². The van der Waals surface area contributed by atoms with Gasteiger partial charge in [0.2, 0.25) is 0 Å². The van der Waals surface area contributed by atoms with E-state index in [-0.39, 0.29) is 12.0 Å². The molecule has 0 radical (unpaired) electrons. The molecular formula is C14H21NO3. The number of nitrogens with one attached hydrogen (secondary N) is 1. The Morgan fingerprint density at radius 2 is 2.06 bits per heavy atom. The Hall–Kier alpha value is -1.55. The summed E-state index contributed by atoms with van der Waals surface area (Å²) in [6, 6.07) is 8.07. The number of esters is 1. The minimum Gasteiger partial charge on any atom is -0.496 e. The summed E-state index contributed by atoms with van der Waals surface area (Å²) in [6.07, 6.45) is 1.26. The van der Waals surface area contributed by atoms with Crippen molar-refractivity contribution in [2.75, 3.05) is 20.8 Å². The summed E-state index contributed by atoms with van der Waals surface area (Å²) in [5.74, 6) is 0.715. The molecule has 1 unspecified atom stereocenters. The molecule has 1 atom stereocenters. The minimum atomic E-state index is -0.188. The molecule has 0 aliphatic heterocycles. The average Bonchev–Trinajstić information content (AvgIpc) is 2.39. The number of hydrogen-bond acceptors (Lipinski definition) is 4. The molecule has 100 valence electrons. The van der Waals surface area contributed by atoms with E-state index < -0.39 is 0 Å². The van der Waals surface area contributed by atoms with Crippen LogP contribution < -0.4 is 10.1 Å². The van der Waals surface area contributed by atoms with Gasteiger partial charge in [-0.1, -0.05) is 18.2 Å². The highest BCUT2D eigenvalue weighted by Crippen LogP contribution is 2.17. The zero-order chi connectivity index (χ0) is 13.4. The second-order valence-electron chi connectivity index (χ2n) is 4.20. The molecule has 0 amide bonds. The van der Waals surface area contributed by atoms with Crippen molar-refractivity contribution in [3.8, 4) is 5.75 Å². The average molecular weight is 251 g/mol. The molecule has 0 bridgehead atoms. The second kappa shape index (κ2) is 7.71. The Morgan fingerprint density at radius 3 is 2.72 bits per heavy atom. The van der Waals surface area contributed by atoms with Gasteiger partial charge in [-0.3, -0.25) is 4.79 Å². The molecule has 1 aromatic carbocycles. The van der Waals surface area contributed by atoms with Crippen LogP contribution >= 0.6 is 0 Å². The lowest BCUT2D eigenvalue weighted by molar-refractivity contribution is -0.141. The number of rotatable bonds is 7. The van der Waals surface area contributed by atoms with E-state index in [1.165, 1.54) is 7.11 Å². The van der Waals surface area contributed by atoms with Crippen molar-refractivity contribution in [2.24, 2.45) is 0 Å². The fourth-order valence-electron chi connectivity index (χ4n) is 1.77. The van der Waals surface area contributed by atoms with Crippen molar-refractivity contribution in [3.05, 3.63) is 29.8 Å². The number of para-hydroxylation sites is 1. The summed E-state index contributed by atoms with van der Waals surface area (Å²) < 4.78 is 9.91. The predicted molar refractivity (Wildman–Crippen MR) is 70.8 cm³/mol. The molecule has 4 heteroatoms. The maximum Gasteiger partial charge on any atom is 0.307 e. The Balaban J connectivity index is 2.35. The van der Waals surface area contributed by atoms with Crippen molar-refractivity contribution in [1.29, 1.82) is 0 Å². The zero-order valence-corrected chi connectivity index (χ0v) is 11.2. The van der Waals surface area contributed by atoms with Gasteiger partial charge in [0.1, 0.15) is 5.75 Å². The van der Waals surface area contributed by atoms with Crippen LogP contribution in [-0.4, -0.2) is 32.8 Å². The standard InChI is InChI=1S/C14H21NO3/c1-11(10-14(16)18-3)15-9-8-12-6-4-5-7-13(12)17-2/h4-7,11,15H,8-10H2,1-3H3. The van der Waals surface area contributed by atoms with Gasteiger partial charge in [0, 0.05) is 6.04 Å². The van der Waals surface area contributed by atoms with E-state index in [1.807, 2.05) is 31.2 Å². The van der Waals surface area contributed by atoms with Crippen LogP contribution in [0.4, 0.5) is 0 Å². The number of carbonyl (C=O) groups is 1. The summed E-state index contributed by atoms with van der Waals surface area (Å²) in [6.45, 7) is 2.78. The van der Waals surface area contributed by atoms with Crippen LogP contribution in [0.5, 0.6) is 5.75 Å². The molecule has 1 aromatic rings. The molecule has 0 fully saturated rings. The summed E-state index contributed by atoms with van der Waals surface area (Å²) in [5.41, 5.74) is 1.16. The van der Waals surface area contributed by atoms with Crippen LogP contribution in [0.2, 0.25) is 0 Å². The first-order valence-corrected chi connectivity index (χ1v) is 6.09. The molecule has 18 heavy (non-hydrogen) atoms. The van der Waals surface area contributed by atoms with Gasteiger partial charge in [0.15, 0.2) is 0 Å². The SMILES string of the molecule is COC(=O)CC(C)NCCc1ccccc1OC. The predicted octanol–water partition coefficient (Wildman–Crippen LogP) is 1.78. The van der Waals surface area contributed by atoms with E-state index in [4.69, 9.17) is 4.74 Å². The number of ether oxygens (including phenoxy) is 2. The van der Waals surface area contributed by atoms with Crippen LogP contribution in [-0.2, 0) is 16.0 Å². The fourth-order valence-corrected chi connectivity index (χ4v) is 1.77. The van der Waals surface area contributed by atoms with Gasteiger partial charge in [-0.25, -0.2) is 0 Å². The summed E-state index contributed by atoms with van der Waals surface area (Å²) in [7, 11) is 3.08. The molecule has 0 spiro atoms. The third-order valence-electron chi connectivity index (χ3n) is 2.78. The van der Waals surface area contributed by atoms with E-state index in [0.29, 0.717) is 6.42 Å². The van der Waals surface area contributed by atoms with Gasteiger partial charge in [-0.15, -0.1) is 0 Å². The molecule has 0 aliphatic rings. The number of benzene rings is 1. The van der Waals surface area contributed by atoms with Crippen molar-refractivity contribution in [2.45, 2.75) is 25.8 Å². The van der Waals surface area contributed by atoms with Crippen molar-refractivity contribution in [3.63, 3.8) is 0 Å². The molecule has 4 nitrogen and oxygen atoms in total. The van der Waals surface area contributed by atoms with Crippen LogP contribution in [0.15, 0.2) is 24.3 Å². The van der Waals surface area contributed by atoms with Crippen LogP contribution in [0.1, 0.15) is 18.9 Å². The van der Waals surface area contributed by atoms with Crippen molar-refractivity contribution < 1.29 is 14.3 Å². The number of carbonyl (C=O) groups excluding carboxylic acids is 1. The molecular weight excluding hydrogens is 230 g/mol. The van der Waals surface area contributed by atoms with Crippen molar-refractivity contribution >= 4 is 5.97 Å². The van der Waals surface area contributed by atoms with Gasteiger partial charge in [-0.05, 0) is 31.5 Å². The lowest BCUT2D eigenvalue weighted by Gasteiger charge is -2.13. The maximum atomic E-state index is 11.1. The van der Waals surface area contributed by atoms with E-state index in [2.05, 4.69) is 10.1 Å². The van der Waals surface area contributed by atoms with E-state index in [1.54, 1.807) is 7.11 Å². The first-order chi connectivity index (χ1) is 8.67. The van der Waals surface area contributed by atoms with Gasteiger partial charge >= 0.3 is 5.97 Å². The maximum absolute atomic E-state index is 11.1. The Morgan fingerprint density at radius 1 is 1.33 bits per heavy atom. The normalized spacial score (nSPS) is 11.9. The minimum absolute atomic E-state index is 0.118. The second-order valence-corrected chi connectivity index (χ2v) is 4.20. The number of methoxy groups -OCH3 is 2. The van der Waals surface area contributed by atoms with E-state index in [9.17, 15) is 4.79 Å². The highest BCUT2D eigenvalue weighted by Gasteiger charge is 2.08.